The third-order valence-corrected chi connectivity index (χ3v) is 4.85. The molecule has 19 heavy (non-hydrogen) atoms. The van der Waals surface area contributed by atoms with E-state index in [2.05, 4.69) is 54.4 Å². The molecule has 2 heteroatoms. The van der Waals surface area contributed by atoms with Crippen LogP contribution in [0.25, 0.3) is 0 Å². The zero-order valence-electron chi connectivity index (χ0n) is 12.2. The van der Waals surface area contributed by atoms with E-state index in [-0.39, 0.29) is 0 Å². The first-order valence-electron chi connectivity index (χ1n) is 7.77. The molecule has 0 aromatic heterocycles. The molecule has 2 unspecified atom stereocenters. The minimum Gasteiger partial charge on any atom is -0.308 e. The van der Waals surface area contributed by atoms with Crippen molar-refractivity contribution < 1.29 is 0 Å². The highest BCUT2D eigenvalue weighted by atomic mass is 15.3. The largest absolute Gasteiger partial charge is 0.308 e. The Labute approximate surface area is 117 Å². The molecule has 3 rings (SSSR count). The summed E-state index contributed by atoms with van der Waals surface area (Å²) >= 11 is 0. The van der Waals surface area contributed by atoms with Gasteiger partial charge in [0.25, 0.3) is 0 Å². The van der Waals surface area contributed by atoms with Gasteiger partial charge in [-0.2, -0.15) is 0 Å². The molecule has 1 aliphatic carbocycles. The molecule has 1 aromatic carbocycles. The van der Waals surface area contributed by atoms with Crippen molar-refractivity contribution in [3.8, 4) is 0 Å². The summed E-state index contributed by atoms with van der Waals surface area (Å²) in [6.45, 7) is 8.22. The smallest absolute Gasteiger partial charge is 0.0473 e. The van der Waals surface area contributed by atoms with Crippen molar-refractivity contribution in [2.24, 2.45) is 5.92 Å². The van der Waals surface area contributed by atoms with Crippen LogP contribution in [0, 0.1) is 5.92 Å². The molecule has 1 heterocycles. The third kappa shape index (κ3) is 2.70. The highest BCUT2D eigenvalue weighted by molar-refractivity contribution is 5.21. The van der Waals surface area contributed by atoms with Gasteiger partial charge in [-0.1, -0.05) is 37.3 Å². The van der Waals surface area contributed by atoms with Gasteiger partial charge in [0.15, 0.2) is 0 Å². The molecule has 1 aliphatic heterocycles. The third-order valence-electron chi connectivity index (χ3n) is 4.85. The Morgan fingerprint density at radius 1 is 1.26 bits per heavy atom. The maximum Gasteiger partial charge on any atom is 0.0473 e. The fourth-order valence-corrected chi connectivity index (χ4v) is 3.57. The summed E-state index contributed by atoms with van der Waals surface area (Å²) in [6, 6.07) is 11.5. The van der Waals surface area contributed by atoms with E-state index in [1.54, 1.807) is 0 Å². The van der Waals surface area contributed by atoms with Crippen LogP contribution in [0.15, 0.2) is 30.3 Å². The summed E-state index contributed by atoms with van der Waals surface area (Å²) in [5, 5.41) is 3.85. The van der Waals surface area contributed by atoms with Crippen molar-refractivity contribution in [2.45, 2.75) is 44.7 Å². The minimum absolute atomic E-state index is 0.348. The van der Waals surface area contributed by atoms with Gasteiger partial charge in [-0.25, -0.2) is 0 Å². The fraction of sp³-hybridized carbons (Fsp3) is 0.647. The van der Waals surface area contributed by atoms with Gasteiger partial charge in [0.1, 0.15) is 0 Å². The van der Waals surface area contributed by atoms with Crippen LogP contribution in [0.2, 0.25) is 0 Å². The molecule has 1 aromatic rings. The molecule has 0 spiro atoms. The molecule has 2 atom stereocenters. The number of hydrogen-bond acceptors (Lipinski definition) is 2. The molecule has 1 saturated carbocycles. The van der Waals surface area contributed by atoms with Crippen molar-refractivity contribution >= 4 is 0 Å². The first-order chi connectivity index (χ1) is 9.23. The molecule has 0 amide bonds. The first kappa shape index (κ1) is 13.1. The predicted molar refractivity (Wildman–Crippen MR) is 80.2 cm³/mol. The summed E-state index contributed by atoms with van der Waals surface area (Å²) in [6.07, 6.45) is 4.07. The Kier molecular flexibility index (Phi) is 3.64. The molecule has 1 N–H and O–H groups in total. The second kappa shape index (κ2) is 5.26. The second-order valence-electron chi connectivity index (χ2n) is 6.47. The van der Waals surface area contributed by atoms with E-state index < -0.39 is 0 Å². The van der Waals surface area contributed by atoms with Crippen molar-refractivity contribution in [3.63, 3.8) is 0 Å². The molecule has 1 saturated heterocycles. The number of benzene rings is 1. The minimum atomic E-state index is 0.348. The Balaban J connectivity index is 1.78. The van der Waals surface area contributed by atoms with Crippen LogP contribution in [0.3, 0.4) is 0 Å². The van der Waals surface area contributed by atoms with E-state index >= 15 is 0 Å². The SMILES string of the molecule is CCCN1CC(C)(C2CC2)NCC1c1ccccc1. The average molecular weight is 258 g/mol. The van der Waals surface area contributed by atoms with Crippen molar-refractivity contribution in [2.75, 3.05) is 19.6 Å². The Morgan fingerprint density at radius 3 is 2.63 bits per heavy atom. The fourth-order valence-electron chi connectivity index (χ4n) is 3.57. The van der Waals surface area contributed by atoms with Gasteiger partial charge in [0.2, 0.25) is 0 Å². The summed E-state index contributed by atoms with van der Waals surface area (Å²) in [7, 11) is 0. The summed E-state index contributed by atoms with van der Waals surface area (Å²) in [5.74, 6) is 0.906. The van der Waals surface area contributed by atoms with Crippen LogP contribution in [0.5, 0.6) is 0 Å². The van der Waals surface area contributed by atoms with Crippen molar-refractivity contribution in [3.05, 3.63) is 35.9 Å². The molecule has 2 aliphatic rings. The van der Waals surface area contributed by atoms with Crippen LogP contribution >= 0.6 is 0 Å². The van der Waals surface area contributed by atoms with Gasteiger partial charge in [0.05, 0.1) is 0 Å². The Hall–Kier alpha value is -0.860. The molecular formula is C17H26N2. The lowest BCUT2D eigenvalue weighted by atomic mass is 9.89. The first-order valence-corrected chi connectivity index (χ1v) is 7.77. The number of rotatable bonds is 4. The van der Waals surface area contributed by atoms with E-state index in [4.69, 9.17) is 0 Å². The van der Waals surface area contributed by atoms with E-state index in [1.165, 1.54) is 37.9 Å². The lowest BCUT2D eigenvalue weighted by molar-refractivity contribution is 0.0747. The highest BCUT2D eigenvalue weighted by Crippen LogP contribution is 2.42. The maximum absolute atomic E-state index is 3.85. The second-order valence-corrected chi connectivity index (χ2v) is 6.47. The Bertz CT molecular complexity index is 413. The lowest BCUT2D eigenvalue weighted by Crippen LogP contribution is -2.61. The van der Waals surface area contributed by atoms with Crippen LogP contribution in [0.1, 0.15) is 44.7 Å². The summed E-state index contributed by atoms with van der Waals surface area (Å²) < 4.78 is 0. The van der Waals surface area contributed by atoms with Crippen LogP contribution in [-0.4, -0.2) is 30.1 Å². The van der Waals surface area contributed by atoms with Crippen molar-refractivity contribution in [1.29, 1.82) is 0 Å². The van der Waals surface area contributed by atoms with Crippen LogP contribution in [0.4, 0.5) is 0 Å². The Morgan fingerprint density at radius 2 is 2.00 bits per heavy atom. The van der Waals surface area contributed by atoms with E-state index in [0.717, 1.165) is 12.5 Å². The zero-order valence-corrected chi connectivity index (χ0v) is 12.2. The quantitative estimate of drug-likeness (QED) is 0.892. The predicted octanol–water partition coefficient (Wildman–Crippen LogP) is 3.21. The highest BCUT2D eigenvalue weighted by Gasteiger charge is 2.45. The van der Waals surface area contributed by atoms with Gasteiger partial charge < -0.3 is 5.32 Å². The van der Waals surface area contributed by atoms with Gasteiger partial charge in [0, 0.05) is 24.7 Å². The van der Waals surface area contributed by atoms with Crippen LogP contribution < -0.4 is 5.32 Å². The lowest BCUT2D eigenvalue weighted by Gasteiger charge is -2.47. The van der Waals surface area contributed by atoms with Gasteiger partial charge in [-0.15, -0.1) is 0 Å². The van der Waals surface area contributed by atoms with Crippen LogP contribution in [-0.2, 0) is 0 Å². The average Bonchev–Trinajstić information content (AvgIpc) is 3.25. The maximum atomic E-state index is 3.85. The topological polar surface area (TPSA) is 15.3 Å². The normalized spacial score (nSPS) is 32.4. The molecule has 2 nitrogen and oxygen atoms in total. The van der Waals surface area contributed by atoms with Gasteiger partial charge in [-0.3, -0.25) is 4.90 Å². The van der Waals surface area contributed by atoms with Crippen molar-refractivity contribution in [1.82, 2.24) is 10.2 Å². The summed E-state index contributed by atoms with van der Waals surface area (Å²) in [5.41, 5.74) is 1.81. The van der Waals surface area contributed by atoms with E-state index in [0.29, 0.717) is 11.6 Å². The number of nitrogens with zero attached hydrogens (tertiary/aromatic N) is 1. The van der Waals surface area contributed by atoms with E-state index in [9.17, 15) is 0 Å². The number of hydrogen-bond donors (Lipinski definition) is 1. The molecule has 0 bridgehead atoms. The van der Waals surface area contributed by atoms with Gasteiger partial charge >= 0.3 is 0 Å². The molecule has 0 radical (unpaired) electrons. The number of nitrogens with one attached hydrogen (secondary N) is 1. The monoisotopic (exact) mass is 258 g/mol. The standard InChI is InChI=1S/C17H26N2/c1-3-11-19-13-17(2,15-9-10-15)18-12-16(19)14-7-5-4-6-8-14/h4-8,15-16,18H,3,9-13H2,1-2H3. The van der Waals surface area contributed by atoms with Gasteiger partial charge in [-0.05, 0) is 44.2 Å². The molecule has 2 fully saturated rings. The summed E-state index contributed by atoms with van der Waals surface area (Å²) in [4.78, 5) is 2.70. The van der Waals surface area contributed by atoms with E-state index in [1.807, 2.05) is 0 Å². The number of piperazine rings is 1. The molecular weight excluding hydrogens is 232 g/mol. The molecule has 104 valence electrons. The zero-order chi connectivity index (χ0) is 13.3.